The highest BCUT2D eigenvalue weighted by Gasteiger charge is 2.41. The number of nitrogens with one attached hydrogen (secondary N) is 2. The maximum Gasteiger partial charge on any atom is 0.174 e. The molecule has 6 heteroatoms. The van der Waals surface area contributed by atoms with Crippen molar-refractivity contribution in [2.24, 2.45) is 0 Å². The van der Waals surface area contributed by atoms with Crippen molar-refractivity contribution < 1.29 is 4.74 Å². The molecule has 0 aliphatic carbocycles. The van der Waals surface area contributed by atoms with Crippen LogP contribution in [0.2, 0.25) is 0 Å². The van der Waals surface area contributed by atoms with Gasteiger partial charge in [-0.1, -0.05) is 24.3 Å². The van der Waals surface area contributed by atoms with Crippen LogP contribution < -0.4 is 15.0 Å². The molecule has 1 aliphatic rings. The van der Waals surface area contributed by atoms with Gasteiger partial charge in [0.25, 0.3) is 0 Å². The smallest absolute Gasteiger partial charge is 0.174 e. The number of benzene rings is 2. The van der Waals surface area contributed by atoms with Gasteiger partial charge in [0, 0.05) is 23.3 Å². The Kier molecular flexibility index (Phi) is 5.37. The van der Waals surface area contributed by atoms with Gasteiger partial charge >= 0.3 is 0 Å². The number of aromatic amines is 1. The highest BCUT2D eigenvalue weighted by molar-refractivity contribution is 7.80. The molecule has 0 amide bonds. The first-order chi connectivity index (χ1) is 15.6. The number of ether oxygens (including phenoxy) is 1. The molecule has 0 saturated carbocycles. The second-order valence-electron chi connectivity index (χ2n) is 7.95. The topological polar surface area (TPSA) is 53.2 Å². The van der Waals surface area contributed by atoms with Gasteiger partial charge in [-0.25, -0.2) is 0 Å². The van der Waals surface area contributed by atoms with E-state index < -0.39 is 0 Å². The van der Waals surface area contributed by atoms with Gasteiger partial charge in [-0.05, 0) is 86.2 Å². The lowest BCUT2D eigenvalue weighted by Crippen LogP contribution is -2.29. The maximum absolute atomic E-state index is 6.08. The molecule has 1 saturated heterocycles. The van der Waals surface area contributed by atoms with Crippen LogP contribution in [0.3, 0.4) is 0 Å². The highest BCUT2D eigenvalue weighted by atomic mass is 32.1. The summed E-state index contributed by atoms with van der Waals surface area (Å²) in [4.78, 5) is 10.2. The number of thiocarbonyl (C=S) groups is 1. The summed E-state index contributed by atoms with van der Waals surface area (Å²) in [6, 6.07) is 26.1. The fraction of sp³-hybridized carbons (Fsp3) is 0.154. The second kappa shape index (κ2) is 8.48. The molecule has 1 aliphatic heterocycles. The lowest BCUT2D eigenvalue weighted by Gasteiger charge is -2.27. The molecule has 0 radical (unpaired) electrons. The van der Waals surface area contributed by atoms with Crippen LogP contribution in [-0.2, 0) is 0 Å². The fourth-order valence-electron chi connectivity index (χ4n) is 4.12. The number of para-hydroxylation sites is 1. The average Bonchev–Trinajstić information content (AvgIpc) is 3.39. The minimum atomic E-state index is -0.0651. The van der Waals surface area contributed by atoms with E-state index in [-0.39, 0.29) is 12.1 Å². The fourth-order valence-corrected chi connectivity index (χ4v) is 4.47. The Morgan fingerprint density at radius 1 is 0.906 bits per heavy atom. The van der Waals surface area contributed by atoms with Crippen molar-refractivity contribution in [2.75, 3.05) is 4.90 Å². The van der Waals surface area contributed by atoms with E-state index in [1.807, 2.05) is 79.9 Å². The number of anilines is 1. The van der Waals surface area contributed by atoms with Gasteiger partial charge in [0.15, 0.2) is 5.11 Å². The van der Waals surface area contributed by atoms with E-state index in [0.29, 0.717) is 5.11 Å². The van der Waals surface area contributed by atoms with E-state index in [1.54, 1.807) is 0 Å². The Balaban J connectivity index is 1.48. The second-order valence-corrected chi connectivity index (χ2v) is 8.34. The third-order valence-corrected chi connectivity index (χ3v) is 6.02. The van der Waals surface area contributed by atoms with E-state index in [4.69, 9.17) is 17.0 Å². The van der Waals surface area contributed by atoms with Crippen molar-refractivity contribution in [3.8, 4) is 11.5 Å². The van der Waals surface area contributed by atoms with E-state index in [9.17, 15) is 0 Å². The number of hydrogen-bond acceptors (Lipinski definition) is 3. The van der Waals surface area contributed by atoms with Gasteiger partial charge < -0.3 is 19.9 Å². The summed E-state index contributed by atoms with van der Waals surface area (Å²) < 4.78 is 6.08. The van der Waals surface area contributed by atoms with Crippen molar-refractivity contribution in [2.45, 2.75) is 25.9 Å². The first-order valence-electron chi connectivity index (χ1n) is 10.6. The highest BCUT2D eigenvalue weighted by Crippen LogP contribution is 2.41. The van der Waals surface area contributed by atoms with Gasteiger partial charge in [-0.2, -0.15) is 0 Å². The molecule has 0 spiro atoms. The normalized spacial score (nSPS) is 17.9. The molecule has 2 aromatic carbocycles. The van der Waals surface area contributed by atoms with Crippen molar-refractivity contribution in [3.05, 3.63) is 108 Å². The largest absolute Gasteiger partial charge is 0.457 e. The minimum absolute atomic E-state index is 0.0470. The Hall–Kier alpha value is -3.64. The monoisotopic (exact) mass is 440 g/mol. The Morgan fingerprint density at radius 3 is 2.38 bits per heavy atom. The molecule has 5 nitrogen and oxygen atoms in total. The van der Waals surface area contributed by atoms with Crippen molar-refractivity contribution in [3.63, 3.8) is 0 Å². The quantitative estimate of drug-likeness (QED) is 0.373. The predicted molar refractivity (Wildman–Crippen MR) is 131 cm³/mol. The zero-order chi connectivity index (χ0) is 22.1. The summed E-state index contributed by atoms with van der Waals surface area (Å²) in [5.41, 5.74) is 5.25. The van der Waals surface area contributed by atoms with E-state index in [0.717, 1.165) is 39.8 Å². The SMILES string of the molecule is Cc1ccc([C@@H]2[C@H](c3ccccn3)NC(=S)N2c2ccc(Oc3ccccc3C)cc2)[nH]1. The number of H-pyrrole nitrogens is 1. The Labute approximate surface area is 193 Å². The van der Waals surface area contributed by atoms with E-state index >= 15 is 0 Å². The third-order valence-electron chi connectivity index (χ3n) is 5.71. The van der Waals surface area contributed by atoms with Gasteiger partial charge in [0.2, 0.25) is 0 Å². The third kappa shape index (κ3) is 3.85. The average molecular weight is 441 g/mol. The molecule has 0 bridgehead atoms. The van der Waals surface area contributed by atoms with Crippen LogP contribution in [0.1, 0.15) is 34.7 Å². The van der Waals surface area contributed by atoms with Crippen LogP contribution in [0.5, 0.6) is 11.5 Å². The summed E-state index contributed by atoms with van der Waals surface area (Å²) in [5.74, 6) is 1.64. The first kappa shape index (κ1) is 20.3. The summed E-state index contributed by atoms with van der Waals surface area (Å²) in [7, 11) is 0. The molecule has 2 aromatic heterocycles. The number of hydrogen-bond donors (Lipinski definition) is 2. The van der Waals surface area contributed by atoms with Crippen LogP contribution in [0.15, 0.2) is 85.1 Å². The number of pyridine rings is 1. The number of aromatic nitrogens is 2. The molecular weight excluding hydrogens is 416 g/mol. The number of nitrogens with zero attached hydrogens (tertiary/aromatic N) is 2. The van der Waals surface area contributed by atoms with Crippen LogP contribution in [-0.4, -0.2) is 15.1 Å². The lowest BCUT2D eigenvalue weighted by molar-refractivity contribution is 0.479. The molecule has 2 atom stereocenters. The zero-order valence-corrected chi connectivity index (χ0v) is 18.8. The molecule has 160 valence electrons. The zero-order valence-electron chi connectivity index (χ0n) is 17.9. The molecule has 2 N–H and O–H groups in total. The first-order valence-corrected chi connectivity index (χ1v) is 11.0. The van der Waals surface area contributed by atoms with Crippen LogP contribution in [0.25, 0.3) is 0 Å². The standard InChI is InChI=1S/C26H24N4OS/c1-17-7-3-4-9-23(17)31-20-13-11-19(12-14-20)30-25(22-15-10-18(2)28-22)24(29-26(30)32)21-8-5-6-16-27-21/h3-16,24-25,28H,1-2H3,(H,29,32)/t24-,25+/m0/s1. The van der Waals surface area contributed by atoms with Crippen LogP contribution >= 0.6 is 12.2 Å². The molecule has 3 heterocycles. The van der Waals surface area contributed by atoms with E-state index in [1.165, 1.54) is 0 Å². The van der Waals surface area contributed by atoms with Gasteiger partial charge in [0.05, 0.1) is 11.7 Å². The van der Waals surface area contributed by atoms with Crippen LogP contribution in [0.4, 0.5) is 5.69 Å². The van der Waals surface area contributed by atoms with Gasteiger partial charge in [0.1, 0.15) is 17.5 Å². The minimum Gasteiger partial charge on any atom is -0.457 e. The van der Waals surface area contributed by atoms with Crippen molar-refractivity contribution in [1.82, 2.24) is 15.3 Å². The van der Waals surface area contributed by atoms with Crippen molar-refractivity contribution in [1.29, 1.82) is 0 Å². The molecule has 1 fully saturated rings. The van der Waals surface area contributed by atoms with E-state index in [2.05, 4.69) is 39.2 Å². The summed E-state index contributed by atoms with van der Waals surface area (Å²) >= 11 is 5.78. The van der Waals surface area contributed by atoms with Crippen LogP contribution in [0, 0.1) is 13.8 Å². The molecular formula is C26H24N4OS. The molecule has 4 aromatic rings. The summed E-state index contributed by atoms with van der Waals surface area (Å²) in [6.45, 7) is 4.10. The molecule has 0 unspecified atom stereocenters. The Morgan fingerprint density at radius 2 is 1.69 bits per heavy atom. The maximum atomic E-state index is 6.08. The summed E-state index contributed by atoms with van der Waals surface area (Å²) in [5, 5.41) is 4.15. The van der Waals surface area contributed by atoms with Crippen molar-refractivity contribution >= 4 is 23.0 Å². The number of rotatable bonds is 5. The molecule has 32 heavy (non-hydrogen) atoms. The molecule has 5 rings (SSSR count). The summed E-state index contributed by atoms with van der Waals surface area (Å²) in [6.07, 6.45) is 1.82. The van der Waals surface area contributed by atoms with Gasteiger partial charge in [-0.3, -0.25) is 4.98 Å². The number of aryl methyl sites for hydroxylation is 2. The van der Waals surface area contributed by atoms with Gasteiger partial charge in [-0.15, -0.1) is 0 Å². The Bertz CT molecular complexity index is 1240. The lowest BCUT2D eigenvalue weighted by atomic mass is 10.0. The predicted octanol–water partition coefficient (Wildman–Crippen LogP) is 6.00.